The lowest BCUT2D eigenvalue weighted by Gasteiger charge is -2.27. The van der Waals surface area contributed by atoms with E-state index in [0.29, 0.717) is 36.9 Å². The fraction of sp³-hybridized carbons (Fsp3) is 0.407. The summed E-state index contributed by atoms with van der Waals surface area (Å²) in [6.45, 7) is 6.71. The summed E-state index contributed by atoms with van der Waals surface area (Å²) in [6, 6.07) is 7.24. The highest BCUT2D eigenvalue weighted by atomic mass is 35.5. The van der Waals surface area contributed by atoms with E-state index in [1.165, 1.54) is 11.0 Å². The highest BCUT2D eigenvalue weighted by molar-refractivity contribution is 7.91. The zero-order valence-corrected chi connectivity index (χ0v) is 24.7. The van der Waals surface area contributed by atoms with Crippen molar-refractivity contribution in [3.63, 3.8) is 0 Å². The normalized spacial score (nSPS) is 18.8. The van der Waals surface area contributed by atoms with Crippen LogP contribution in [0, 0.1) is 5.82 Å². The molecule has 0 radical (unpaired) electrons. The number of nitrogens with one attached hydrogen (secondary N) is 1. The molecular formula is C27H29ClFN5O7S. The van der Waals surface area contributed by atoms with Gasteiger partial charge in [0.2, 0.25) is 0 Å². The summed E-state index contributed by atoms with van der Waals surface area (Å²) in [6.07, 6.45) is -0.971. The zero-order valence-electron chi connectivity index (χ0n) is 23.1. The van der Waals surface area contributed by atoms with Crippen molar-refractivity contribution in [1.82, 2.24) is 15.5 Å². The second kappa shape index (κ2) is 11.5. The lowest BCUT2D eigenvalue weighted by atomic mass is 10.1. The zero-order chi connectivity index (χ0) is 30.2. The van der Waals surface area contributed by atoms with Crippen LogP contribution in [0.15, 0.2) is 45.7 Å². The minimum atomic E-state index is -4.30. The SMILES string of the molecule is CC(C)(C)OC(=O)N[C@H]1CS(=O)(=O)c2cc(F)c(-c3nnc(N4CCOCC4)o3)cc2N(Cc2ccc(Cl)cc2)C1=O. The maximum Gasteiger partial charge on any atom is 0.408 e. The highest BCUT2D eigenvalue weighted by Crippen LogP contribution is 2.37. The van der Waals surface area contributed by atoms with E-state index < -0.39 is 49.9 Å². The Labute approximate surface area is 246 Å². The highest BCUT2D eigenvalue weighted by Gasteiger charge is 2.40. The molecule has 0 saturated carbocycles. The maximum atomic E-state index is 15.5. The third-order valence-electron chi connectivity index (χ3n) is 6.50. The summed E-state index contributed by atoms with van der Waals surface area (Å²) in [7, 11) is -4.30. The molecule has 1 aromatic heterocycles. The molecule has 42 heavy (non-hydrogen) atoms. The molecule has 2 aliphatic heterocycles. The van der Waals surface area contributed by atoms with E-state index in [1.54, 1.807) is 49.9 Å². The van der Waals surface area contributed by atoms with Crippen LogP contribution in [0.2, 0.25) is 5.02 Å². The van der Waals surface area contributed by atoms with E-state index in [1.807, 2.05) is 0 Å². The summed E-state index contributed by atoms with van der Waals surface area (Å²) in [4.78, 5) is 29.0. The molecule has 1 saturated heterocycles. The van der Waals surface area contributed by atoms with E-state index in [9.17, 15) is 18.0 Å². The van der Waals surface area contributed by atoms with Crippen LogP contribution >= 0.6 is 11.6 Å². The Balaban J connectivity index is 1.58. The average molecular weight is 622 g/mol. The first-order chi connectivity index (χ1) is 19.8. The number of carbonyl (C=O) groups excluding carboxylic acids is 2. The number of morpholine rings is 1. The predicted octanol–water partition coefficient (Wildman–Crippen LogP) is 3.58. The molecule has 3 heterocycles. The lowest BCUT2D eigenvalue weighted by molar-refractivity contribution is -0.120. The molecule has 5 rings (SSSR count). The number of alkyl carbamates (subject to hydrolysis) is 1. The van der Waals surface area contributed by atoms with E-state index in [0.717, 1.165) is 6.07 Å². The number of ether oxygens (including phenoxy) is 2. The minimum absolute atomic E-state index is 0.106. The van der Waals surface area contributed by atoms with Gasteiger partial charge >= 0.3 is 12.1 Å². The van der Waals surface area contributed by atoms with Crippen LogP contribution in [0.25, 0.3) is 11.5 Å². The van der Waals surface area contributed by atoms with Crippen LogP contribution < -0.4 is 15.1 Å². The standard InChI is InChI=1S/C27H29ClFN5O7S/c1-27(2,3)41-26(36)30-20-15-42(37,38)22-13-19(29)18(23-31-32-25(40-23)33-8-10-39-11-9-33)12-21(22)34(24(20)35)14-16-4-6-17(28)7-5-16/h4-7,12-13,20H,8-11,14-15H2,1-3H3,(H,30,36)/t20-/m0/s1. The number of anilines is 2. The Morgan fingerprint density at radius 3 is 2.52 bits per heavy atom. The van der Waals surface area contributed by atoms with Gasteiger partial charge in [-0.25, -0.2) is 17.6 Å². The number of hydrogen-bond donors (Lipinski definition) is 1. The van der Waals surface area contributed by atoms with Gasteiger partial charge < -0.3 is 29.0 Å². The molecule has 3 aromatic rings. The first-order valence-corrected chi connectivity index (χ1v) is 15.1. The van der Waals surface area contributed by atoms with E-state index in [-0.39, 0.29) is 29.7 Å². The molecule has 1 N–H and O–H groups in total. The third kappa shape index (κ3) is 6.50. The molecule has 0 aliphatic carbocycles. The van der Waals surface area contributed by atoms with Crippen molar-refractivity contribution in [3.05, 3.63) is 52.8 Å². The van der Waals surface area contributed by atoms with Crippen molar-refractivity contribution < 1.29 is 36.3 Å². The van der Waals surface area contributed by atoms with Gasteiger partial charge in [-0.1, -0.05) is 28.8 Å². The van der Waals surface area contributed by atoms with E-state index in [4.69, 9.17) is 25.5 Å². The van der Waals surface area contributed by atoms with Gasteiger partial charge in [0.25, 0.3) is 11.8 Å². The van der Waals surface area contributed by atoms with Gasteiger partial charge in [0, 0.05) is 18.1 Å². The van der Waals surface area contributed by atoms with Gasteiger partial charge in [-0.05, 0) is 50.6 Å². The topological polar surface area (TPSA) is 144 Å². The van der Waals surface area contributed by atoms with Crippen LogP contribution in [-0.4, -0.2) is 74.3 Å². The van der Waals surface area contributed by atoms with Gasteiger partial charge in [-0.15, -0.1) is 5.10 Å². The summed E-state index contributed by atoms with van der Waals surface area (Å²) < 4.78 is 59.0. The number of hydrogen-bond acceptors (Lipinski definition) is 10. The summed E-state index contributed by atoms with van der Waals surface area (Å²) in [5.74, 6) is -2.68. The molecule has 1 fully saturated rings. The molecule has 12 nitrogen and oxygen atoms in total. The monoisotopic (exact) mass is 621 g/mol. The number of aromatic nitrogens is 2. The van der Waals surface area contributed by atoms with Crippen LogP contribution in [0.3, 0.4) is 0 Å². The number of halogens is 2. The Bertz CT molecular complexity index is 1600. The van der Waals surface area contributed by atoms with Crippen LogP contribution in [-0.2, 0) is 30.7 Å². The first-order valence-electron chi connectivity index (χ1n) is 13.1. The quantitative estimate of drug-likeness (QED) is 0.449. The second-order valence-electron chi connectivity index (χ2n) is 10.8. The fourth-order valence-electron chi connectivity index (χ4n) is 4.55. The first kappa shape index (κ1) is 29.7. The molecule has 224 valence electrons. The molecule has 0 unspecified atom stereocenters. The van der Waals surface area contributed by atoms with Crippen molar-refractivity contribution >= 4 is 45.1 Å². The molecule has 15 heteroatoms. The van der Waals surface area contributed by atoms with Gasteiger partial charge in [0.05, 0.1) is 41.7 Å². The summed E-state index contributed by atoms with van der Waals surface area (Å²) >= 11 is 6.03. The molecule has 2 amide bonds. The molecule has 0 spiro atoms. The molecule has 0 bridgehead atoms. The smallest absolute Gasteiger partial charge is 0.408 e. The van der Waals surface area contributed by atoms with Crippen LogP contribution in [0.5, 0.6) is 0 Å². The number of benzene rings is 2. The lowest BCUT2D eigenvalue weighted by Crippen LogP contribution is -2.51. The maximum absolute atomic E-state index is 15.5. The van der Waals surface area contributed by atoms with Crippen molar-refractivity contribution in [1.29, 1.82) is 0 Å². The number of rotatable bonds is 5. The Hall–Kier alpha value is -3.75. The number of amides is 2. The Morgan fingerprint density at radius 1 is 1.17 bits per heavy atom. The number of sulfone groups is 1. The van der Waals surface area contributed by atoms with E-state index >= 15 is 4.39 Å². The van der Waals surface area contributed by atoms with Gasteiger partial charge in [0.15, 0.2) is 9.84 Å². The Morgan fingerprint density at radius 2 is 1.86 bits per heavy atom. The van der Waals surface area contributed by atoms with Crippen molar-refractivity contribution in [2.45, 2.75) is 43.9 Å². The number of fused-ring (bicyclic) bond motifs is 1. The van der Waals surface area contributed by atoms with E-state index in [2.05, 4.69) is 15.5 Å². The minimum Gasteiger partial charge on any atom is -0.444 e. The number of nitrogens with zero attached hydrogens (tertiary/aromatic N) is 4. The second-order valence-corrected chi connectivity index (χ2v) is 13.3. The van der Waals surface area contributed by atoms with Crippen LogP contribution in [0.4, 0.5) is 20.9 Å². The van der Waals surface area contributed by atoms with Gasteiger partial charge in [-0.2, -0.15) is 0 Å². The molecule has 1 atom stereocenters. The average Bonchev–Trinajstić information content (AvgIpc) is 3.39. The molecule has 2 aliphatic rings. The largest absolute Gasteiger partial charge is 0.444 e. The molecular weight excluding hydrogens is 593 g/mol. The van der Waals surface area contributed by atoms with Gasteiger partial charge in [0.1, 0.15) is 17.5 Å². The fourth-order valence-corrected chi connectivity index (χ4v) is 6.29. The van der Waals surface area contributed by atoms with Crippen molar-refractivity contribution in [3.8, 4) is 11.5 Å². The molecule has 2 aromatic carbocycles. The number of carbonyl (C=O) groups is 2. The third-order valence-corrected chi connectivity index (χ3v) is 8.52. The summed E-state index contributed by atoms with van der Waals surface area (Å²) in [5.41, 5.74) is -0.591. The Kier molecular flexibility index (Phi) is 8.14. The van der Waals surface area contributed by atoms with Crippen molar-refractivity contribution in [2.75, 3.05) is 41.9 Å². The van der Waals surface area contributed by atoms with Crippen molar-refractivity contribution in [2.24, 2.45) is 0 Å². The van der Waals surface area contributed by atoms with Gasteiger partial charge in [-0.3, -0.25) is 4.79 Å². The predicted molar refractivity (Wildman–Crippen MR) is 151 cm³/mol. The summed E-state index contributed by atoms with van der Waals surface area (Å²) in [5, 5.41) is 10.8. The van der Waals surface area contributed by atoms with Crippen LogP contribution in [0.1, 0.15) is 26.3 Å².